The van der Waals surface area contributed by atoms with Crippen LogP contribution in [0.5, 0.6) is 0 Å². The second kappa shape index (κ2) is 7.08. The van der Waals surface area contributed by atoms with E-state index < -0.39 is 0 Å². The third kappa shape index (κ3) is 3.28. The lowest BCUT2D eigenvalue weighted by molar-refractivity contribution is 0.509. The Bertz CT molecular complexity index is 1010. The standard InChI is InChI=1S/C20H23N3OS2/c1-11-7-8-15-16(9-11)26-20-17(15)19(24)22-18(23-20)12(2)21-13-5-4-6-14(10-13)25-3/h4-6,10-12,21H,7-9H2,1-3H3,(H,22,23,24)/t11-,12-/m0/s1. The van der Waals surface area contributed by atoms with Crippen LogP contribution in [0.15, 0.2) is 34.0 Å². The van der Waals surface area contributed by atoms with Crippen LogP contribution in [-0.4, -0.2) is 16.2 Å². The van der Waals surface area contributed by atoms with E-state index in [4.69, 9.17) is 4.98 Å². The van der Waals surface area contributed by atoms with Gasteiger partial charge in [0.25, 0.3) is 5.56 Å². The van der Waals surface area contributed by atoms with Gasteiger partial charge < -0.3 is 10.3 Å². The van der Waals surface area contributed by atoms with Crippen LogP contribution >= 0.6 is 23.1 Å². The molecule has 0 saturated heterocycles. The highest BCUT2D eigenvalue weighted by Gasteiger charge is 2.23. The van der Waals surface area contributed by atoms with E-state index in [1.165, 1.54) is 15.3 Å². The highest BCUT2D eigenvalue weighted by Crippen LogP contribution is 2.36. The third-order valence-electron chi connectivity index (χ3n) is 5.05. The van der Waals surface area contributed by atoms with E-state index in [1.807, 2.05) is 19.1 Å². The van der Waals surface area contributed by atoms with Gasteiger partial charge in [-0.15, -0.1) is 23.1 Å². The smallest absolute Gasteiger partial charge is 0.259 e. The number of thioether (sulfide) groups is 1. The Hall–Kier alpha value is -1.79. The van der Waals surface area contributed by atoms with Crippen molar-refractivity contribution < 1.29 is 0 Å². The molecular formula is C20H23N3OS2. The van der Waals surface area contributed by atoms with Gasteiger partial charge in [0.1, 0.15) is 10.7 Å². The molecule has 0 unspecified atom stereocenters. The molecule has 0 fully saturated rings. The quantitative estimate of drug-likeness (QED) is 0.620. The van der Waals surface area contributed by atoms with E-state index in [9.17, 15) is 4.79 Å². The predicted octanol–water partition coefficient (Wildman–Crippen LogP) is 5.00. The second-order valence-electron chi connectivity index (χ2n) is 7.08. The average molecular weight is 386 g/mol. The molecule has 4 nitrogen and oxygen atoms in total. The van der Waals surface area contributed by atoms with Gasteiger partial charge in [-0.05, 0) is 62.1 Å². The molecule has 0 radical (unpaired) electrons. The molecule has 2 atom stereocenters. The summed E-state index contributed by atoms with van der Waals surface area (Å²) in [4.78, 5) is 24.0. The molecule has 136 valence electrons. The van der Waals surface area contributed by atoms with Crippen molar-refractivity contribution in [2.45, 2.75) is 44.0 Å². The number of fused-ring (bicyclic) bond motifs is 3. The van der Waals surface area contributed by atoms with E-state index in [0.29, 0.717) is 11.7 Å². The van der Waals surface area contributed by atoms with Crippen LogP contribution in [0.25, 0.3) is 10.2 Å². The normalized spacial score (nSPS) is 17.9. The lowest BCUT2D eigenvalue weighted by Gasteiger charge is -2.17. The summed E-state index contributed by atoms with van der Waals surface area (Å²) >= 11 is 3.41. The number of aromatic nitrogens is 2. The van der Waals surface area contributed by atoms with Crippen molar-refractivity contribution >= 4 is 39.0 Å². The lowest BCUT2D eigenvalue weighted by Crippen LogP contribution is -2.18. The maximum absolute atomic E-state index is 12.8. The molecule has 26 heavy (non-hydrogen) atoms. The van der Waals surface area contributed by atoms with Crippen LogP contribution in [0.4, 0.5) is 5.69 Å². The number of hydrogen-bond acceptors (Lipinski definition) is 5. The highest BCUT2D eigenvalue weighted by atomic mass is 32.2. The molecule has 2 heterocycles. The second-order valence-corrected chi connectivity index (χ2v) is 9.04. The number of aryl methyl sites for hydroxylation is 1. The maximum atomic E-state index is 12.8. The molecule has 0 bridgehead atoms. The molecule has 1 aliphatic rings. The van der Waals surface area contributed by atoms with Crippen molar-refractivity contribution in [3.05, 3.63) is 50.9 Å². The highest BCUT2D eigenvalue weighted by molar-refractivity contribution is 7.98. The van der Waals surface area contributed by atoms with Crippen LogP contribution in [0.1, 0.15) is 42.6 Å². The topological polar surface area (TPSA) is 57.8 Å². The van der Waals surface area contributed by atoms with Crippen LogP contribution in [0, 0.1) is 5.92 Å². The minimum Gasteiger partial charge on any atom is -0.375 e. The van der Waals surface area contributed by atoms with Crippen molar-refractivity contribution in [1.29, 1.82) is 0 Å². The summed E-state index contributed by atoms with van der Waals surface area (Å²) < 4.78 is 0. The van der Waals surface area contributed by atoms with Crippen molar-refractivity contribution in [3.8, 4) is 0 Å². The summed E-state index contributed by atoms with van der Waals surface area (Å²) in [5.74, 6) is 1.39. The number of anilines is 1. The zero-order valence-electron chi connectivity index (χ0n) is 15.3. The Morgan fingerprint density at radius 1 is 1.42 bits per heavy atom. The van der Waals surface area contributed by atoms with Crippen LogP contribution in [0.2, 0.25) is 0 Å². The predicted molar refractivity (Wildman–Crippen MR) is 112 cm³/mol. The van der Waals surface area contributed by atoms with Crippen LogP contribution in [0.3, 0.4) is 0 Å². The first kappa shape index (κ1) is 17.6. The fraction of sp³-hybridized carbons (Fsp3) is 0.400. The van der Waals surface area contributed by atoms with Crippen molar-refractivity contribution in [1.82, 2.24) is 9.97 Å². The van der Waals surface area contributed by atoms with E-state index in [0.717, 1.165) is 35.2 Å². The molecule has 0 aliphatic heterocycles. The fourth-order valence-corrected chi connectivity index (χ4v) is 5.45. The zero-order chi connectivity index (χ0) is 18.3. The monoisotopic (exact) mass is 385 g/mol. The molecule has 1 aromatic carbocycles. The molecule has 2 N–H and O–H groups in total. The molecule has 2 aromatic heterocycles. The van der Waals surface area contributed by atoms with Gasteiger partial charge in [0.2, 0.25) is 0 Å². The summed E-state index contributed by atoms with van der Waals surface area (Å²) in [5.41, 5.74) is 2.27. The van der Waals surface area contributed by atoms with E-state index in [-0.39, 0.29) is 11.6 Å². The molecule has 4 rings (SSSR count). The fourth-order valence-electron chi connectivity index (χ4n) is 3.60. The molecular weight excluding hydrogens is 362 g/mol. The van der Waals surface area contributed by atoms with Crippen molar-refractivity contribution in [2.24, 2.45) is 5.92 Å². The zero-order valence-corrected chi connectivity index (χ0v) is 16.9. The van der Waals surface area contributed by atoms with Gasteiger partial charge in [0.15, 0.2) is 0 Å². The largest absolute Gasteiger partial charge is 0.375 e. The van der Waals surface area contributed by atoms with Gasteiger partial charge in [0, 0.05) is 15.5 Å². The maximum Gasteiger partial charge on any atom is 0.259 e. The number of aromatic amines is 1. The summed E-state index contributed by atoms with van der Waals surface area (Å²) in [6, 6.07) is 8.21. The molecule has 0 saturated carbocycles. The number of nitrogens with zero attached hydrogens (tertiary/aromatic N) is 1. The Balaban J connectivity index is 1.67. The Morgan fingerprint density at radius 2 is 2.27 bits per heavy atom. The van der Waals surface area contributed by atoms with Crippen LogP contribution in [-0.2, 0) is 12.8 Å². The van der Waals surface area contributed by atoms with Gasteiger partial charge in [-0.3, -0.25) is 4.79 Å². The average Bonchev–Trinajstić information content (AvgIpc) is 2.99. The van der Waals surface area contributed by atoms with Gasteiger partial charge in [-0.1, -0.05) is 13.0 Å². The first-order valence-corrected chi connectivity index (χ1v) is 11.0. The first-order chi connectivity index (χ1) is 12.5. The number of hydrogen-bond donors (Lipinski definition) is 2. The molecule has 0 amide bonds. The molecule has 3 aromatic rings. The van der Waals surface area contributed by atoms with Gasteiger partial charge in [0.05, 0.1) is 11.4 Å². The van der Waals surface area contributed by atoms with Crippen molar-refractivity contribution in [2.75, 3.05) is 11.6 Å². The van der Waals surface area contributed by atoms with Crippen molar-refractivity contribution in [3.63, 3.8) is 0 Å². The molecule has 0 spiro atoms. The summed E-state index contributed by atoms with van der Waals surface area (Å²) in [5, 5.41) is 4.27. The number of nitrogens with one attached hydrogen (secondary N) is 2. The van der Waals surface area contributed by atoms with Gasteiger partial charge in [-0.2, -0.15) is 0 Å². The summed E-state index contributed by atoms with van der Waals surface area (Å²) in [7, 11) is 0. The number of rotatable bonds is 4. The number of thiophene rings is 1. The number of benzene rings is 1. The van der Waals surface area contributed by atoms with Gasteiger partial charge in [-0.25, -0.2) is 4.98 Å². The minimum atomic E-state index is -0.0674. The van der Waals surface area contributed by atoms with E-state index in [1.54, 1.807) is 23.1 Å². The van der Waals surface area contributed by atoms with Crippen LogP contribution < -0.4 is 10.9 Å². The SMILES string of the molecule is CSc1cccc(N[C@@H](C)c2nc3sc4c(c3c(=O)[nH]2)CC[C@H](C)C4)c1. The van der Waals surface area contributed by atoms with Gasteiger partial charge >= 0.3 is 0 Å². The Labute approximate surface area is 161 Å². The minimum absolute atomic E-state index is 0.00330. The van der Waals surface area contributed by atoms with E-state index in [2.05, 4.69) is 35.6 Å². The summed E-state index contributed by atoms with van der Waals surface area (Å²) in [6.07, 6.45) is 5.29. The molecule has 1 aliphatic carbocycles. The Kier molecular flexibility index (Phi) is 4.80. The summed E-state index contributed by atoms with van der Waals surface area (Å²) in [6.45, 7) is 4.32. The molecule has 6 heteroatoms. The Morgan fingerprint density at radius 3 is 3.08 bits per heavy atom. The number of H-pyrrole nitrogens is 1. The van der Waals surface area contributed by atoms with E-state index >= 15 is 0 Å². The first-order valence-electron chi connectivity index (χ1n) is 9.00. The third-order valence-corrected chi connectivity index (χ3v) is 6.92. The lowest BCUT2D eigenvalue weighted by atomic mass is 9.89.